The van der Waals surface area contributed by atoms with E-state index in [1.165, 1.54) is 5.56 Å². The summed E-state index contributed by atoms with van der Waals surface area (Å²) in [5.41, 5.74) is 2.19. The second-order valence-electron chi connectivity index (χ2n) is 4.90. The fourth-order valence-corrected chi connectivity index (χ4v) is 2.28. The Morgan fingerprint density at radius 2 is 2.21 bits per heavy atom. The lowest BCUT2D eigenvalue weighted by molar-refractivity contribution is 0.551. The lowest BCUT2D eigenvalue weighted by Crippen LogP contribution is -2.20. The van der Waals surface area contributed by atoms with E-state index in [0.29, 0.717) is 10.9 Å². The van der Waals surface area contributed by atoms with E-state index >= 15 is 0 Å². The number of hydrogen-bond donors (Lipinski definition) is 1. The number of nitrogens with one attached hydrogen (secondary N) is 1. The largest absolute Gasteiger partial charge is 0.312 e. The van der Waals surface area contributed by atoms with Crippen LogP contribution in [0.4, 0.5) is 0 Å². The van der Waals surface area contributed by atoms with Gasteiger partial charge in [-0.15, -0.1) is 0 Å². The fourth-order valence-electron chi connectivity index (χ4n) is 1.83. The minimum Gasteiger partial charge on any atom is -0.312 e. The van der Waals surface area contributed by atoms with Gasteiger partial charge in [0.05, 0.1) is 16.4 Å². The van der Waals surface area contributed by atoms with Crippen LogP contribution in [0, 0.1) is 5.92 Å². The van der Waals surface area contributed by atoms with Crippen molar-refractivity contribution in [3.05, 3.63) is 45.7 Å². The molecule has 0 aliphatic rings. The van der Waals surface area contributed by atoms with Gasteiger partial charge in [0.1, 0.15) is 0 Å². The van der Waals surface area contributed by atoms with Crippen LogP contribution < -0.4 is 5.32 Å². The quantitative estimate of drug-likeness (QED) is 0.889. The van der Waals surface area contributed by atoms with Gasteiger partial charge in [-0.25, -0.2) is 4.68 Å². The molecule has 0 aliphatic carbocycles. The summed E-state index contributed by atoms with van der Waals surface area (Å²) in [4.78, 5) is 0. The van der Waals surface area contributed by atoms with Gasteiger partial charge in [-0.05, 0) is 46.1 Å². The molecule has 5 heteroatoms. The first-order valence-electron chi connectivity index (χ1n) is 6.26. The Kier molecular flexibility index (Phi) is 5.02. The van der Waals surface area contributed by atoms with E-state index in [4.69, 9.17) is 11.6 Å². The first-order valence-corrected chi connectivity index (χ1v) is 7.43. The molecule has 0 spiro atoms. The molecule has 0 aliphatic heterocycles. The number of nitrogens with zero attached hydrogens (tertiary/aromatic N) is 2. The molecule has 2 aromatic rings. The Bertz CT molecular complexity index is 551. The highest BCUT2D eigenvalue weighted by molar-refractivity contribution is 9.10. The molecular weight excluding hydrogens is 326 g/mol. The van der Waals surface area contributed by atoms with Crippen molar-refractivity contribution in [2.75, 3.05) is 6.54 Å². The van der Waals surface area contributed by atoms with Gasteiger partial charge in [0, 0.05) is 17.8 Å². The highest BCUT2D eigenvalue weighted by Gasteiger charge is 2.07. The monoisotopic (exact) mass is 341 g/mol. The summed E-state index contributed by atoms with van der Waals surface area (Å²) in [7, 11) is 0. The topological polar surface area (TPSA) is 29.9 Å². The van der Waals surface area contributed by atoms with Crippen LogP contribution in [0.1, 0.15) is 19.4 Å². The maximum atomic E-state index is 6.08. The molecule has 1 aromatic heterocycles. The maximum Gasteiger partial charge on any atom is 0.0705 e. The molecule has 2 rings (SSSR count). The molecule has 0 radical (unpaired) electrons. The van der Waals surface area contributed by atoms with Gasteiger partial charge in [0.2, 0.25) is 0 Å². The van der Waals surface area contributed by atoms with Crippen molar-refractivity contribution < 1.29 is 0 Å². The maximum absolute atomic E-state index is 6.08. The van der Waals surface area contributed by atoms with Crippen LogP contribution >= 0.6 is 27.5 Å². The van der Waals surface area contributed by atoms with Gasteiger partial charge in [-0.1, -0.05) is 31.5 Å². The molecule has 1 N–H and O–H groups in total. The molecule has 0 fully saturated rings. The molecule has 1 heterocycles. The van der Waals surface area contributed by atoms with Crippen LogP contribution in [0.25, 0.3) is 5.69 Å². The molecule has 102 valence electrons. The highest BCUT2D eigenvalue weighted by Crippen LogP contribution is 2.21. The Hall–Kier alpha value is -0.840. The van der Waals surface area contributed by atoms with E-state index in [-0.39, 0.29) is 0 Å². The summed E-state index contributed by atoms with van der Waals surface area (Å²) >= 11 is 9.50. The molecule has 0 saturated carbocycles. The third kappa shape index (κ3) is 4.06. The minimum absolute atomic E-state index is 0.634. The van der Waals surface area contributed by atoms with E-state index in [1.54, 1.807) is 6.20 Å². The summed E-state index contributed by atoms with van der Waals surface area (Å²) in [5, 5.41) is 8.47. The number of halogens is 2. The minimum atomic E-state index is 0.634. The smallest absolute Gasteiger partial charge is 0.0705 e. The van der Waals surface area contributed by atoms with Crippen LogP contribution in [-0.2, 0) is 6.54 Å². The zero-order valence-electron chi connectivity index (χ0n) is 11.0. The first kappa shape index (κ1) is 14.6. The van der Waals surface area contributed by atoms with E-state index in [2.05, 4.69) is 40.2 Å². The molecule has 19 heavy (non-hydrogen) atoms. The van der Waals surface area contributed by atoms with Crippen molar-refractivity contribution in [2.24, 2.45) is 5.92 Å². The molecular formula is C14H17BrClN3. The Balaban J connectivity index is 2.23. The van der Waals surface area contributed by atoms with Gasteiger partial charge < -0.3 is 5.32 Å². The standard InChI is InChI=1S/C14H17BrClN3/c1-10(2)6-17-7-11-3-4-13(16)5-14(11)19-9-12(15)8-18-19/h3-5,8-10,17H,6-7H2,1-2H3. The zero-order chi connectivity index (χ0) is 13.8. The summed E-state index contributed by atoms with van der Waals surface area (Å²) in [5.74, 6) is 0.634. The van der Waals surface area contributed by atoms with Crippen molar-refractivity contribution in [2.45, 2.75) is 20.4 Å². The van der Waals surface area contributed by atoms with E-state index in [1.807, 2.05) is 29.1 Å². The van der Waals surface area contributed by atoms with Crippen molar-refractivity contribution in [1.82, 2.24) is 15.1 Å². The lowest BCUT2D eigenvalue weighted by atomic mass is 10.1. The summed E-state index contributed by atoms with van der Waals surface area (Å²) in [6.07, 6.45) is 3.70. The molecule has 0 amide bonds. The molecule has 1 aromatic carbocycles. The van der Waals surface area contributed by atoms with Crippen LogP contribution in [-0.4, -0.2) is 16.3 Å². The lowest BCUT2D eigenvalue weighted by Gasteiger charge is -2.12. The zero-order valence-corrected chi connectivity index (χ0v) is 13.4. The van der Waals surface area contributed by atoms with Crippen molar-refractivity contribution in [1.29, 1.82) is 0 Å². The third-order valence-electron chi connectivity index (χ3n) is 2.71. The number of benzene rings is 1. The summed E-state index contributed by atoms with van der Waals surface area (Å²) < 4.78 is 2.79. The van der Waals surface area contributed by atoms with Gasteiger partial charge in [-0.2, -0.15) is 5.10 Å². The van der Waals surface area contributed by atoms with E-state index in [0.717, 1.165) is 23.2 Å². The van der Waals surface area contributed by atoms with Crippen LogP contribution in [0.2, 0.25) is 5.02 Å². The second kappa shape index (κ2) is 6.55. The first-order chi connectivity index (χ1) is 9.06. The molecule has 0 unspecified atom stereocenters. The van der Waals surface area contributed by atoms with Crippen molar-refractivity contribution >= 4 is 27.5 Å². The number of rotatable bonds is 5. The fraction of sp³-hybridized carbons (Fsp3) is 0.357. The molecule has 3 nitrogen and oxygen atoms in total. The van der Waals surface area contributed by atoms with Gasteiger partial charge in [0.15, 0.2) is 0 Å². The number of aromatic nitrogens is 2. The Labute approximate surface area is 127 Å². The van der Waals surface area contributed by atoms with Crippen LogP contribution in [0.5, 0.6) is 0 Å². The van der Waals surface area contributed by atoms with Crippen molar-refractivity contribution in [3.8, 4) is 5.69 Å². The highest BCUT2D eigenvalue weighted by atomic mass is 79.9. The van der Waals surface area contributed by atoms with Gasteiger partial charge in [0.25, 0.3) is 0 Å². The average molecular weight is 343 g/mol. The second-order valence-corrected chi connectivity index (χ2v) is 6.25. The van der Waals surface area contributed by atoms with Gasteiger partial charge >= 0.3 is 0 Å². The summed E-state index contributed by atoms with van der Waals surface area (Å²) in [6.45, 7) is 6.19. The van der Waals surface area contributed by atoms with E-state index in [9.17, 15) is 0 Å². The normalized spacial score (nSPS) is 11.2. The van der Waals surface area contributed by atoms with Crippen LogP contribution in [0.15, 0.2) is 35.1 Å². The molecule has 0 atom stereocenters. The average Bonchev–Trinajstić information content (AvgIpc) is 2.77. The SMILES string of the molecule is CC(C)CNCc1ccc(Cl)cc1-n1cc(Br)cn1. The number of hydrogen-bond acceptors (Lipinski definition) is 2. The molecule has 0 bridgehead atoms. The van der Waals surface area contributed by atoms with Crippen molar-refractivity contribution in [3.63, 3.8) is 0 Å². The Morgan fingerprint density at radius 3 is 2.84 bits per heavy atom. The predicted octanol–water partition coefficient (Wildman–Crippen LogP) is 4.03. The third-order valence-corrected chi connectivity index (χ3v) is 3.36. The predicted molar refractivity (Wildman–Crippen MR) is 82.8 cm³/mol. The molecule has 0 saturated heterocycles. The summed E-state index contributed by atoms with van der Waals surface area (Å²) in [6, 6.07) is 5.89. The van der Waals surface area contributed by atoms with E-state index < -0.39 is 0 Å². The van der Waals surface area contributed by atoms with Gasteiger partial charge in [-0.3, -0.25) is 0 Å². The Morgan fingerprint density at radius 1 is 1.42 bits per heavy atom. The van der Waals surface area contributed by atoms with Crippen LogP contribution in [0.3, 0.4) is 0 Å².